The van der Waals surface area contributed by atoms with E-state index in [4.69, 9.17) is 4.74 Å². The van der Waals surface area contributed by atoms with Crippen molar-refractivity contribution in [2.75, 3.05) is 13.7 Å². The lowest BCUT2D eigenvalue weighted by molar-refractivity contribution is -0.155. The molecule has 13 nitrogen and oxygen atoms in total. The Hall–Kier alpha value is -6.41. The Labute approximate surface area is 297 Å². The number of phenolic OH excluding ortho intramolecular Hbond substituents is 1. The van der Waals surface area contributed by atoms with Gasteiger partial charge in [-0.2, -0.15) is 0 Å². The predicted molar refractivity (Wildman–Crippen MR) is 192 cm³/mol. The average molecular weight is 702 g/mol. The fourth-order valence-corrected chi connectivity index (χ4v) is 5.91. The van der Waals surface area contributed by atoms with Crippen molar-refractivity contribution >= 4 is 22.8 Å². The van der Waals surface area contributed by atoms with E-state index in [9.17, 15) is 34.8 Å². The summed E-state index contributed by atoms with van der Waals surface area (Å²) in [5, 5.41) is 48.7. The van der Waals surface area contributed by atoms with Crippen molar-refractivity contribution < 1.29 is 34.8 Å². The van der Waals surface area contributed by atoms with Gasteiger partial charge in [-0.25, -0.2) is 14.8 Å². The first kappa shape index (κ1) is 35.4. The molecule has 0 aliphatic carbocycles. The number of hydrogen-bond acceptors (Lipinski definition) is 10. The number of carbonyl (C=O) groups is 2. The van der Waals surface area contributed by atoms with Crippen molar-refractivity contribution in [2.45, 2.75) is 24.8 Å². The number of aromatic amines is 1. The van der Waals surface area contributed by atoms with Gasteiger partial charge in [0.15, 0.2) is 0 Å². The molecule has 0 saturated heterocycles. The summed E-state index contributed by atoms with van der Waals surface area (Å²) in [6, 6.07) is 25.6. The van der Waals surface area contributed by atoms with Crippen LogP contribution in [0.2, 0.25) is 0 Å². The number of nitrogens with zero attached hydrogens (tertiary/aromatic N) is 2. The molecule has 0 bridgehead atoms. The van der Waals surface area contributed by atoms with E-state index in [0.29, 0.717) is 45.8 Å². The number of aliphatic hydroxyl groups excluding tert-OH is 1. The number of ether oxygens (including phenoxy) is 1. The molecule has 264 valence electrons. The number of carbonyl (C=O) groups excluding carboxylic acids is 1. The number of carboxylic acid groups (broad SMARTS) is 1. The SMILES string of the molecule is COc1cc(C(=O)NCc2ncc(-c3cccc(C(O)(C(=O)O)c4ccccc4)c3)cn2)ccc1CNCC(O)c1ccc(O)c2[nH]c(=O)ccc12. The molecule has 52 heavy (non-hydrogen) atoms. The minimum absolute atomic E-state index is 0.0370. The molecule has 0 fully saturated rings. The van der Waals surface area contributed by atoms with Crippen LogP contribution in [0.1, 0.15) is 44.5 Å². The number of rotatable bonds is 13. The summed E-state index contributed by atoms with van der Waals surface area (Å²) in [7, 11) is 1.49. The highest BCUT2D eigenvalue weighted by Crippen LogP contribution is 2.33. The maximum absolute atomic E-state index is 13.0. The molecule has 0 aliphatic heterocycles. The van der Waals surface area contributed by atoms with Crippen LogP contribution in [0.5, 0.6) is 11.5 Å². The normalized spacial score (nSPS) is 12.9. The zero-order valence-electron chi connectivity index (χ0n) is 27.9. The number of phenols is 1. The zero-order chi connectivity index (χ0) is 36.8. The van der Waals surface area contributed by atoms with Gasteiger partial charge < -0.3 is 40.8 Å². The molecule has 0 aliphatic rings. The molecule has 0 spiro atoms. The van der Waals surface area contributed by atoms with Gasteiger partial charge in [0, 0.05) is 59.2 Å². The van der Waals surface area contributed by atoms with Crippen molar-refractivity contribution in [3.63, 3.8) is 0 Å². The number of hydrogen-bond donors (Lipinski definition) is 7. The van der Waals surface area contributed by atoms with Crippen LogP contribution in [-0.2, 0) is 23.5 Å². The third-order valence-corrected chi connectivity index (χ3v) is 8.70. The summed E-state index contributed by atoms with van der Waals surface area (Å²) >= 11 is 0. The van der Waals surface area contributed by atoms with Gasteiger partial charge in [0.25, 0.3) is 5.91 Å². The van der Waals surface area contributed by atoms with Gasteiger partial charge in [-0.1, -0.05) is 60.7 Å². The second kappa shape index (κ2) is 15.2. The number of benzene rings is 4. The van der Waals surface area contributed by atoms with Gasteiger partial charge in [-0.15, -0.1) is 0 Å². The Morgan fingerprint density at radius 1 is 0.885 bits per heavy atom. The predicted octanol–water partition coefficient (Wildman–Crippen LogP) is 3.77. The second-order valence-corrected chi connectivity index (χ2v) is 12.0. The van der Waals surface area contributed by atoms with E-state index in [1.165, 1.54) is 19.2 Å². The van der Waals surface area contributed by atoms with Gasteiger partial charge >= 0.3 is 5.97 Å². The van der Waals surface area contributed by atoms with Crippen LogP contribution in [0.3, 0.4) is 0 Å². The third kappa shape index (κ3) is 7.37. The quantitative estimate of drug-likeness (QED) is 0.0923. The lowest BCUT2D eigenvalue weighted by Gasteiger charge is -2.25. The number of methoxy groups -OCH3 is 1. The van der Waals surface area contributed by atoms with E-state index in [2.05, 4.69) is 25.6 Å². The lowest BCUT2D eigenvalue weighted by atomic mass is 9.85. The van der Waals surface area contributed by atoms with Crippen LogP contribution in [0, 0.1) is 0 Å². The molecule has 0 saturated carbocycles. The number of amides is 1. The fraction of sp³-hybridized carbons (Fsp3) is 0.154. The number of aliphatic carboxylic acids is 1. The van der Waals surface area contributed by atoms with Gasteiger partial charge in [0.05, 0.1) is 25.3 Å². The molecular weight excluding hydrogens is 666 g/mol. The molecule has 2 aromatic heterocycles. The number of aliphatic hydroxyl groups is 2. The molecule has 7 N–H and O–H groups in total. The number of fused-ring (bicyclic) bond motifs is 1. The molecule has 2 heterocycles. The first-order chi connectivity index (χ1) is 25.1. The smallest absolute Gasteiger partial charge is 0.345 e. The summed E-state index contributed by atoms with van der Waals surface area (Å²) in [6.07, 6.45) is 2.17. The van der Waals surface area contributed by atoms with Crippen molar-refractivity contribution in [3.8, 4) is 22.6 Å². The van der Waals surface area contributed by atoms with Gasteiger partial charge in [-0.3, -0.25) is 9.59 Å². The molecule has 2 unspecified atom stereocenters. The van der Waals surface area contributed by atoms with Crippen LogP contribution >= 0.6 is 0 Å². The largest absolute Gasteiger partial charge is 0.506 e. The molecule has 2 atom stereocenters. The number of carboxylic acids is 1. The van der Waals surface area contributed by atoms with Crippen molar-refractivity contribution in [1.82, 2.24) is 25.6 Å². The Bertz CT molecular complexity index is 2300. The maximum Gasteiger partial charge on any atom is 0.345 e. The van der Waals surface area contributed by atoms with Gasteiger partial charge in [0.2, 0.25) is 11.2 Å². The van der Waals surface area contributed by atoms with Crippen LogP contribution in [0.4, 0.5) is 0 Å². The molecule has 6 rings (SSSR count). The van der Waals surface area contributed by atoms with E-state index in [-0.39, 0.29) is 46.9 Å². The summed E-state index contributed by atoms with van der Waals surface area (Å²) in [5.41, 5.74) is 0.870. The fourth-order valence-electron chi connectivity index (χ4n) is 5.91. The summed E-state index contributed by atoms with van der Waals surface area (Å²) in [5.74, 6) is -1.06. The lowest BCUT2D eigenvalue weighted by Crippen LogP contribution is -2.36. The first-order valence-electron chi connectivity index (χ1n) is 16.2. The summed E-state index contributed by atoms with van der Waals surface area (Å²) in [4.78, 5) is 48.3. The third-order valence-electron chi connectivity index (χ3n) is 8.70. The van der Waals surface area contributed by atoms with Crippen LogP contribution in [-0.4, -0.2) is 60.9 Å². The van der Waals surface area contributed by atoms with Crippen LogP contribution in [0.15, 0.2) is 114 Å². The van der Waals surface area contributed by atoms with E-state index in [1.54, 1.807) is 97.3 Å². The first-order valence-corrected chi connectivity index (χ1v) is 16.2. The highest BCUT2D eigenvalue weighted by Gasteiger charge is 2.40. The van der Waals surface area contributed by atoms with E-state index >= 15 is 0 Å². The van der Waals surface area contributed by atoms with Gasteiger partial charge in [-0.05, 0) is 47.0 Å². The number of nitrogens with one attached hydrogen (secondary N) is 3. The zero-order valence-corrected chi connectivity index (χ0v) is 27.9. The minimum Gasteiger partial charge on any atom is -0.506 e. The van der Waals surface area contributed by atoms with Gasteiger partial charge in [0.1, 0.15) is 17.3 Å². The highest BCUT2D eigenvalue weighted by atomic mass is 16.5. The monoisotopic (exact) mass is 701 g/mol. The molecular formula is C39H35N5O8. The van der Waals surface area contributed by atoms with E-state index in [1.807, 2.05) is 0 Å². The number of H-pyrrole nitrogens is 1. The second-order valence-electron chi connectivity index (χ2n) is 12.0. The summed E-state index contributed by atoms with van der Waals surface area (Å²) < 4.78 is 5.53. The van der Waals surface area contributed by atoms with Crippen LogP contribution < -0.4 is 20.9 Å². The Morgan fingerprint density at radius 3 is 2.37 bits per heavy atom. The Kier molecular flexibility index (Phi) is 10.4. The van der Waals surface area contributed by atoms with E-state index in [0.717, 1.165) is 5.56 Å². The molecule has 13 heteroatoms. The Balaban J connectivity index is 1.06. The van der Waals surface area contributed by atoms with Crippen molar-refractivity contribution in [2.24, 2.45) is 0 Å². The minimum atomic E-state index is -2.25. The Morgan fingerprint density at radius 2 is 1.63 bits per heavy atom. The van der Waals surface area contributed by atoms with E-state index < -0.39 is 17.7 Å². The number of aromatic hydroxyl groups is 1. The molecule has 6 aromatic rings. The topological polar surface area (TPSA) is 207 Å². The number of aromatic nitrogens is 3. The number of pyridine rings is 1. The standard InChI is InChI=1S/C39H35N5O8/c1-52-33-17-24(10-11-25(33)18-40-21-32(46)29-12-14-31(45)36-30(29)13-15-35(47)44-36)37(48)43-22-34-41-19-26(20-42-34)23-6-5-9-28(16-23)39(51,38(49)50)27-7-3-2-4-8-27/h2-17,19-20,32,40,45-46,51H,18,21-22H2,1H3,(H,43,48)(H,44,47)(H,49,50). The van der Waals surface area contributed by atoms with Crippen LogP contribution in [0.25, 0.3) is 22.0 Å². The molecule has 4 aromatic carbocycles. The molecule has 0 radical (unpaired) electrons. The molecule has 1 amide bonds. The highest BCUT2D eigenvalue weighted by molar-refractivity contribution is 5.94. The van der Waals surface area contributed by atoms with Crippen molar-refractivity contribution in [1.29, 1.82) is 0 Å². The average Bonchev–Trinajstić information content (AvgIpc) is 3.17. The maximum atomic E-state index is 13.0. The summed E-state index contributed by atoms with van der Waals surface area (Å²) in [6.45, 7) is 0.516. The van der Waals surface area contributed by atoms with Crippen molar-refractivity contribution in [3.05, 3.63) is 153 Å².